The molecule has 0 unspecified atom stereocenters. The van der Waals surface area contributed by atoms with Crippen LogP contribution in [0, 0.1) is 0 Å². The Labute approximate surface area is 181 Å². The van der Waals surface area contributed by atoms with Gasteiger partial charge in [0.1, 0.15) is 0 Å². The number of aromatic amines is 1. The summed E-state index contributed by atoms with van der Waals surface area (Å²) in [6.45, 7) is 0. The van der Waals surface area contributed by atoms with Crippen LogP contribution in [0.3, 0.4) is 0 Å². The van der Waals surface area contributed by atoms with Crippen molar-refractivity contribution >= 4 is 21.8 Å². The van der Waals surface area contributed by atoms with Gasteiger partial charge in [0.25, 0.3) is 0 Å². The van der Waals surface area contributed by atoms with Gasteiger partial charge in [0.15, 0.2) is 0 Å². The van der Waals surface area contributed by atoms with E-state index in [9.17, 15) is 0 Å². The van der Waals surface area contributed by atoms with Gasteiger partial charge in [0, 0.05) is 21.9 Å². The lowest BCUT2D eigenvalue weighted by Crippen LogP contribution is -1.86. The topological polar surface area (TPSA) is 15.8 Å². The lowest BCUT2D eigenvalue weighted by molar-refractivity contribution is 1.53. The van der Waals surface area contributed by atoms with E-state index < -0.39 is 0 Å². The molecule has 0 spiro atoms. The van der Waals surface area contributed by atoms with Gasteiger partial charge in [-0.1, -0.05) is 115 Å². The van der Waals surface area contributed by atoms with E-state index in [0.717, 1.165) is 0 Å². The van der Waals surface area contributed by atoms with Crippen LogP contribution in [0.25, 0.3) is 55.2 Å². The van der Waals surface area contributed by atoms with Crippen LogP contribution in [-0.2, 0) is 0 Å². The van der Waals surface area contributed by atoms with Crippen molar-refractivity contribution in [3.8, 4) is 33.4 Å². The van der Waals surface area contributed by atoms with Gasteiger partial charge in [-0.05, 0) is 33.9 Å². The molecule has 1 aromatic heterocycles. The quantitative estimate of drug-likeness (QED) is 0.310. The van der Waals surface area contributed by atoms with Gasteiger partial charge in [-0.25, -0.2) is 0 Å². The summed E-state index contributed by atoms with van der Waals surface area (Å²) >= 11 is 0. The summed E-state index contributed by atoms with van der Waals surface area (Å²) in [5.74, 6) is 0. The summed E-state index contributed by atoms with van der Waals surface area (Å²) in [6.07, 6.45) is 0. The summed E-state index contributed by atoms with van der Waals surface area (Å²) in [6, 6.07) is 43.2. The fourth-order valence-corrected chi connectivity index (χ4v) is 4.55. The Balaban J connectivity index is 1.45. The van der Waals surface area contributed by atoms with Gasteiger partial charge in [-0.15, -0.1) is 0 Å². The van der Waals surface area contributed by atoms with E-state index in [1.165, 1.54) is 55.2 Å². The molecule has 0 atom stereocenters. The zero-order valence-electron chi connectivity index (χ0n) is 17.0. The predicted molar refractivity (Wildman–Crippen MR) is 132 cm³/mol. The van der Waals surface area contributed by atoms with Crippen LogP contribution < -0.4 is 0 Å². The van der Waals surface area contributed by atoms with E-state index in [1.807, 2.05) is 0 Å². The summed E-state index contributed by atoms with van der Waals surface area (Å²) in [7, 11) is 0. The first-order valence-electron chi connectivity index (χ1n) is 10.6. The molecule has 0 saturated carbocycles. The Morgan fingerprint density at radius 1 is 0.355 bits per heavy atom. The highest BCUT2D eigenvalue weighted by molar-refractivity contribution is 6.11. The number of H-pyrrole nitrogens is 1. The van der Waals surface area contributed by atoms with Crippen molar-refractivity contribution in [3.63, 3.8) is 0 Å². The third kappa shape index (κ3) is 3.03. The molecular formula is C30H21N. The van der Waals surface area contributed by atoms with Crippen molar-refractivity contribution < 1.29 is 0 Å². The summed E-state index contributed by atoms with van der Waals surface area (Å²) < 4.78 is 0. The summed E-state index contributed by atoms with van der Waals surface area (Å²) in [5.41, 5.74) is 9.81. The molecule has 6 rings (SSSR count). The molecule has 1 N–H and O–H groups in total. The molecule has 1 heterocycles. The fourth-order valence-electron chi connectivity index (χ4n) is 4.55. The molecule has 0 amide bonds. The third-order valence-corrected chi connectivity index (χ3v) is 6.06. The van der Waals surface area contributed by atoms with E-state index in [0.29, 0.717) is 0 Å². The molecule has 0 bridgehead atoms. The minimum absolute atomic E-state index is 1.18. The second-order valence-electron chi connectivity index (χ2n) is 7.89. The van der Waals surface area contributed by atoms with E-state index in [4.69, 9.17) is 0 Å². The highest BCUT2D eigenvalue weighted by atomic mass is 14.7. The van der Waals surface area contributed by atoms with Crippen LogP contribution in [0.15, 0.2) is 121 Å². The summed E-state index contributed by atoms with van der Waals surface area (Å²) in [5, 5.41) is 2.54. The largest absolute Gasteiger partial charge is 0.354 e. The highest BCUT2D eigenvalue weighted by Crippen LogP contribution is 2.36. The molecule has 0 aliphatic carbocycles. The predicted octanol–water partition coefficient (Wildman–Crippen LogP) is 8.32. The van der Waals surface area contributed by atoms with Gasteiger partial charge >= 0.3 is 0 Å². The molecule has 1 heteroatoms. The number of fused-ring (bicyclic) bond motifs is 3. The number of nitrogens with one attached hydrogen (secondary N) is 1. The van der Waals surface area contributed by atoms with Gasteiger partial charge in [-0.2, -0.15) is 0 Å². The first-order chi connectivity index (χ1) is 15.4. The minimum atomic E-state index is 1.18. The first kappa shape index (κ1) is 17.7. The Hall–Kier alpha value is -4.10. The van der Waals surface area contributed by atoms with Crippen molar-refractivity contribution in [2.75, 3.05) is 0 Å². The molecule has 1 nitrogen and oxygen atoms in total. The molecule has 0 saturated heterocycles. The molecule has 0 aliphatic heterocycles. The number of hydrogen-bond donors (Lipinski definition) is 1. The van der Waals surface area contributed by atoms with Crippen LogP contribution in [0.1, 0.15) is 0 Å². The van der Waals surface area contributed by atoms with Gasteiger partial charge < -0.3 is 4.98 Å². The van der Waals surface area contributed by atoms with Crippen LogP contribution in [-0.4, -0.2) is 4.98 Å². The number of aromatic nitrogens is 1. The van der Waals surface area contributed by atoms with Crippen molar-refractivity contribution in [1.82, 2.24) is 4.98 Å². The van der Waals surface area contributed by atoms with Crippen molar-refractivity contribution in [1.29, 1.82) is 0 Å². The Bertz CT molecular complexity index is 1510. The first-order valence-corrected chi connectivity index (χ1v) is 10.6. The molecule has 146 valence electrons. The monoisotopic (exact) mass is 395 g/mol. The maximum Gasteiger partial charge on any atom is 0.0544 e. The van der Waals surface area contributed by atoms with E-state index >= 15 is 0 Å². The zero-order valence-corrected chi connectivity index (χ0v) is 17.0. The van der Waals surface area contributed by atoms with E-state index in [2.05, 4.69) is 126 Å². The SMILES string of the molecule is c1ccc(-c2ccccc2-c2ccc(-c3cccc4c3[nH]c3ccccc34)cc2)cc1. The average Bonchev–Trinajstić information content (AvgIpc) is 3.24. The molecule has 31 heavy (non-hydrogen) atoms. The van der Waals surface area contributed by atoms with Crippen LogP contribution in [0.2, 0.25) is 0 Å². The summed E-state index contributed by atoms with van der Waals surface area (Å²) in [4.78, 5) is 3.62. The molecule has 5 aromatic carbocycles. The van der Waals surface area contributed by atoms with Gasteiger partial charge in [-0.3, -0.25) is 0 Å². The van der Waals surface area contributed by atoms with Crippen molar-refractivity contribution in [2.45, 2.75) is 0 Å². The highest BCUT2D eigenvalue weighted by Gasteiger charge is 2.11. The number of para-hydroxylation sites is 2. The lowest BCUT2D eigenvalue weighted by atomic mass is 9.93. The second kappa shape index (κ2) is 7.30. The number of rotatable bonds is 3. The van der Waals surface area contributed by atoms with Crippen molar-refractivity contribution in [2.24, 2.45) is 0 Å². The van der Waals surface area contributed by atoms with Gasteiger partial charge in [0.2, 0.25) is 0 Å². The second-order valence-corrected chi connectivity index (χ2v) is 7.89. The third-order valence-electron chi connectivity index (χ3n) is 6.06. The lowest BCUT2D eigenvalue weighted by Gasteiger charge is -2.11. The van der Waals surface area contributed by atoms with Gasteiger partial charge in [0.05, 0.1) is 5.52 Å². The Kier molecular flexibility index (Phi) is 4.18. The maximum absolute atomic E-state index is 3.62. The van der Waals surface area contributed by atoms with E-state index in [-0.39, 0.29) is 0 Å². The molecule has 0 aliphatic rings. The molecule has 0 fully saturated rings. The molecule has 0 radical (unpaired) electrons. The van der Waals surface area contributed by atoms with Crippen molar-refractivity contribution in [3.05, 3.63) is 121 Å². The van der Waals surface area contributed by atoms with Crippen LogP contribution in [0.4, 0.5) is 0 Å². The maximum atomic E-state index is 3.62. The number of benzene rings is 5. The average molecular weight is 396 g/mol. The normalized spacial score (nSPS) is 11.2. The Morgan fingerprint density at radius 3 is 1.61 bits per heavy atom. The smallest absolute Gasteiger partial charge is 0.0544 e. The Morgan fingerprint density at radius 2 is 0.871 bits per heavy atom. The number of hydrogen-bond acceptors (Lipinski definition) is 0. The molecular weight excluding hydrogens is 374 g/mol. The van der Waals surface area contributed by atoms with Crippen LogP contribution >= 0.6 is 0 Å². The zero-order chi connectivity index (χ0) is 20.6. The van der Waals surface area contributed by atoms with E-state index in [1.54, 1.807) is 0 Å². The fraction of sp³-hybridized carbons (Fsp3) is 0. The standard InChI is InChI=1S/C30H21N/c1-2-9-21(10-3-1)24-11-4-5-12-25(24)22-17-19-23(20-18-22)26-14-8-15-28-27-13-6-7-16-29(27)31-30(26)28/h1-20,31H. The van der Waals surface area contributed by atoms with Crippen LogP contribution in [0.5, 0.6) is 0 Å². The minimum Gasteiger partial charge on any atom is -0.354 e. The molecule has 6 aromatic rings.